The van der Waals surface area contributed by atoms with E-state index in [1.807, 2.05) is 0 Å². The van der Waals surface area contributed by atoms with E-state index in [0.29, 0.717) is 12.2 Å². The molecule has 2 atom stereocenters. The molecule has 8 heteroatoms. The van der Waals surface area contributed by atoms with Crippen molar-refractivity contribution in [2.45, 2.75) is 32.0 Å². The van der Waals surface area contributed by atoms with Crippen LogP contribution in [0, 0.1) is 5.82 Å². The van der Waals surface area contributed by atoms with Crippen LogP contribution in [0.4, 0.5) is 14.9 Å². The molecule has 2 aliphatic rings. The molecule has 25 heavy (non-hydrogen) atoms. The Kier molecular flexibility index (Phi) is 5.37. The lowest BCUT2D eigenvalue weighted by Crippen LogP contribution is -2.37. The van der Waals surface area contributed by atoms with Crippen LogP contribution in [0.2, 0.25) is 0 Å². The second kappa shape index (κ2) is 7.69. The fourth-order valence-electron chi connectivity index (χ4n) is 2.95. The molecule has 0 radical (unpaired) electrons. The van der Waals surface area contributed by atoms with E-state index in [2.05, 4.69) is 10.6 Å². The number of nitrogens with one attached hydrogen (secondary N) is 2. The van der Waals surface area contributed by atoms with Gasteiger partial charge in [0.15, 0.2) is 11.6 Å². The molecule has 7 nitrogen and oxygen atoms in total. The molecule has 1 aromatic carbocycles. The van der Waals surface area contributed by atoms with E-state index < -0.39 is 18.0 Å². The van der Waals surface area contributed by atoms with Gasteiger partial charge in [-0.15, -0.1) is 0 Å². The number of anilines is 1. The summed E-state index contributed by atoms with van der Waals surface area (Å²) in [6.45, 7) is 3.54. The maximum absolute atomic E-state index is 14.4. The van der Waals surface area contributed by atoms with Gasteiger partial charge in [0.1, 0.15) is 12.2 Å². The highest BCUT2D eigenvalue weighted by molar-refractivity contribution is 5.89. The number of hydrogen-bond donors (Lipinski definition) is 2. The van der Waals surface area contributed by atoms with E-state index >= 15 is 0 Å². The summed E-state index contributed by atoms with van der Waals surface area (Å²) in [7, 11) is 0. The van der Waals surface area contributed by atoms with Gasteiger partial charge in [0, 0.05) is 19.5 Å². The predicted octanol–water partition coefficient (Wildman–Crippen LogP) is 1.42. The van der Waals surface area contributed by atoms with Crippen molar-refractivity contribution in [3.63, 3.8) is 0 Å². The monoisotopic (exact) mass is 351 g/mol. The van der Waals surface area contributed by atoms with Gasteiger partial charge in [-0.05, 0) is 31.5 Å². The SMILES string of the molecule is CC(=O)NCC1CN(c2ccc(OC3CCCNC3)c(F)c2)C(=O)O1. The molecule has 136 valence electrons. The van der Waals surface area contributed by atoms with Crippen LogP contribution >= 0.6 is 0 Å². The molecule has 0 saturated carbocycles. The van der Waals surface area contributed by atoms with Crippen LogP contribution in [0.25, 0.3) is 0 Å². The number of amides is 2. The number of benzene rings is 1. The highest BCUT2D eigenvalue weighted by Crippen LogP contribution is 2.28. The predicted molar refractivity (Wildman–Crippen MR) is 89.2 cm³/mol. The van der Waals surface area contributed by atoms with Crippen molar-refractivity contribution in [2.24, 2.45) is 0 Å². The van der Waals surface area contributed by atoms with Crippen LogP contribution in [-0.2, 0) is 9.53 Å². The average molecular weight is 351 g/mol. The lowest BCUT2D eigenvalue weighted by atomic mass is 10.1. The number of hydrogen-bond acceptors (Lipinski definition) is 5. The van der Waals surface area contributed by atoms with Crippen LogP contribution in [-0.4, -0.2) is 50.4 Å². The van der Waals surface area contributed by atoms with E-state index in [1.54, 1.807) is 6.07 Å². The van der Waals surface area contributed by atoms with Gasteiger partial charge < -0.3 is 20.1 Å². The highest BCUT2D eigenvalue weighted by atomic mass is 19.1. The summed E-state index contributed by atoms with van der Waals surface area (Å²) >= 11 is 0. The maximum Gasteiger partial charge on any atom is 0.414 e. The van der Waals surface area contributed by atoms with Crippen molar-refractivity contribution in [3.8, 4) is 5.75 Å². The van der Waals surface area contributed by atoms with Crippen molar-refractivity contribution < 1.29 is 23.5 Å². The number of nitrogens with zero attached hydrogens (tertiary/aromatic N) is 1. The standard InChI is InChI=1S/C17H22FN3O4/c1-11(22)20-9-14-10-21(17(23)25-14)12-4-5-16(15(18)7-12)24-13-3-2-6-19-8-13/h4-5,7,13-14,19H,2-3,6,8-10H2,1H3,(H,20,22). The van der Waals surface area contributed by atoms with Gasteiger partial charge in [-0.2, -0.15) is 0 Å². The van der Waals surface area contributed by atoms with Crippen LogP contribution in [0.3, 0.4) is 0 Å². The number of piperidine rings is 1. The molecule has 2 aliphatic heterocycles. The van der Waals surface area contributed by atoms with Gasteiger partial charge >= 0.3 is 6.09 Å². The van der Waals surface area contributed by atoms with E-state index in [-0.39, 0.29) is 30.9 Å². The Morgan fingerprint density at radius 3 is 3.04 bits per heavy atom. The van der Waals surface area contributed by atoms with Gasteiger partial charge in [-0.25, -0.2) is 9.18 Å². The molecule has 0 aliphatic carbocycles. The molecule has 2 saturated heterocycles. The minimum Gasteiger partial charge on any atom is -0.486 e. The van der Waals surface area contributed by atoms with Gasteiger partial charge in [0.2, 0.25) is 5.91 Å². The zero-order valence-electron chi connectivity index (χ0n) is 14.1. The summed E-state index contributed by atoms with van der Waals surface area (Å²) in [5.41, 5.74) is 0.405. The normalized spacial score (nSPS) is 23.3. The smallest absolute Gasteiger partial charge is 0.414 e. The summed E-state index contributed by atoms with van der Waals surface area (Å²) < 4.78 is 25.2. The number of carbonyl (C=O) groups excluding carboxylic acids is 2. The Bertz CT molecular complexity index is 649. The number of halogens is 1. The van der Waals surface area contributed by atoms with Crippen molar-refractivity contribution in [2.75, 3.05) is 31.1 Å². The number of rotatable bonds is 5. The lowest BCUT2D eigenvalue weighted by molar-refractivity contribution is -0.119. The molecular weight excluding hydrogens is 329 g/mol. The fraction of sp³-hybridized carbons (Fsp3) is 0.529. The second-order valence-electron chi connectivity index (χ2n) is 6.25. The number of ether oxygens (including phenoxy) is 2. The van der Waals surface area contributed by atoms with Gasteiger partial charge in [-0.3, -0.25) is 9.69 Å². The summed E-state index contributed by atoms with van der Waals surface area (Å²) in [6.07, 6.45) is 0.827. The third kappa shape index (κ3) is 4.39. The van der Waals surface area contributed by atoms with E-state index in [9.17, 15) is 14.0 Å². The first-order chi connectivity index (χ1) is 12.0. The van der Waals surface area contributed by atoms with E-state index in [0.717, 1.165) is 19.4 Å². The quantitative estimate of drug-likeness (QED) is 0.839. The third-order valence-corrected chi connectivity index (χ3v) is 4.23. The average Bonchev–Trinajstić information content (AvgIpc) is 2.97. The second-order valence-corrected chi connectivity index (χ2v) is 6.25. The Hall–Kier alpha value is -2.35. The van der Waals surface area contributed by atoms with E-state index in [4.69, 9.17) is 9.47 Å². The first-order valence-corrected chi connectivity index (χ1v) is 8.42. The largest absolute Gasteiger partial charge is 0.486 e. The molecule has 2 N–H and O–H groups in total. The third-order valence-electron chi connectivity index (χ3n) is 4.23. The van der Waals surface area contributed by atoms with Crippen molar-refractivity contribution >= 4 is 17.7 Å². The summed E-state index contributed by atoms with van der Waals surface area (Å²) in [4.78, 5) is 24.3. The first kappa shape index (κ1) is 17.5. The molecule has 0 spiro atoms. The van der Waals surface area contributed by atoms with Crippen molar-refractivity contribution in [3.05, 3.63) is 24.0 Å². The molecule has 2 heterocycles. The fourth-order valence-corrected chi connectivity index (χ4v) is 2.95. The summed E-state index contributed by atoms with van der Waals surface area (Å²) in [6, 6.07) is 4.44. The molecule has 2 unspecified atom stereocenters. The number of cyclic esters (lactones) is 1. The Morgan fingerprint density at radius 1 is 1.52 bits per heavy atom. The Labute approximate surface area is 145 Å². The maximum atomic E-state index is 14.4. The molecule has 3 rings (SSSR count). The van der Waals surface area contributed by atoms with Crippen molar-refractivity contribution in [1.29, 1.82) is 0 Å². The molecule has 2 amide bonds. The minimum absolute atomic E-state index is 0.0483. The Balaban J connectivity index is 1.63. The molecule has 0 bridgehead atoms. The molecular formula is C17H22FN3O4. The van der Waals surface area contributed by atoms with Gasteiger partial charge in [0.25, 0.3) is 0 Å². The molecule has 0 aromatic heterocycles. The highest BCUT2D eigenvalue weighted by Gasteiger charge is 2.32. The molecule has 2 fully saturated rings. The first-order valence-electron chi connectivity index (χ1n) is 8.42. The van der Waals surface area contributed by atoms with Gasteiger partial charge in [0.05, 0.1) is 18.8 Å². The topological polar surface area (TPSA) is 79.9 Å². The Morgan fingerprint density at radius 2 is 2.36 bits per heavy atom. The molecule has 1 aromatic rings. The number of carbonyl (C=O) groups is 2. The summed E-state index contributed by atoms with van der Waals surface area (Å²) in [5.74, 6) is -0.528. The van der Waals surface area contributed by atoms with Crippen LogP contribution < -0.4 is 20.3 Å². The zero-order chi connectivity index (χ0) is 17.8. The van der Waals surface area contributed by atoms with E-state index in [1.165, 1.54) is 24.0 Å². The summed E-state index contributed by atoms with van der Waals surface area (Å²) in [5, 5.41) is 5.82. The van der Waals surface area contributed by atoms with Gasteiger partial charge in [-0.1, -0.05) is 0 Å². The van der Waals surface area contributed by atoms with Crippen LogP contribution in [0.5, 0.6) is 5.75 Å². The van der Waals surface area contributed by atoms with Crippen LogP contribution in [0.1, 0.15) is 19.8 Å². The van der Waals surface area contributed by atoms with Crippen LogP contribution in [0.15, 0.2) is 18.2 Å². The zero-order valence-corrected chi connectivity index (χ0v) is 14.1. The van der Waals surface area contributed by atoms with Crippen molar-refractivity contribution in [1.82, 2.24) is 10.6 Å². The lowest BCUT2D eigenvalue weighted by Gasteiger charge is -2.24. The minimum atomic E-state index is -0.556.